The third kappa shape index (κ3) is 3.78. The number of thiophene rings is 1. The molecule has 0 aliphatic rings. The predicted molar refractivity (Wildman–Crippen MR) is 85.2 cm³/mol. The fourth-order valence-electron chi connectivity index (χ4n) is 1.73. The number of nitrogens with one attached hydrogen (secondary N) is 1. The number of anilines is 1. The normalized spacial score (nSPS) is 12.9. The van der Waals surface area contributed by atoms with Crippen molar-refractivity contribution in [3.8, 4) is 0 Å². The number of hydrogen-bond donors (Lipinski definition) is 1. The molecule has 2 aromatic heterocycles. The molecule has 0 fully saturated rings. The van der Waals surface area contributed by atoms with E-state index in [1.807, 2.05) is 6.20 Å². The maximum atomic E-state index is 4.53. The molecule has 0 spiro atoms. The van der Waals surface area contributed by atoms with Gasteiger partial charge in [0.2, 0.25) is 0 Å². The average Bonchev–Trinajstić information content (AvgIpc) is 3.05. The van der Waals surface area contributed by atoms with Crippen LogP contribution in [-0.4, -0.2) is 18.1 Å². The van der Waals surface area contributed by atoms with Gasteiger partial charge < -0.3 is 10.2 Å². The number of hydrogen-bond acceptors (Lipinski definition) is 5. The summed E-state index contributed by atoms with van der Waals surface area (Å²) in [4.78, 5) is 9.44. The van der Waals surface area contributed by atoms with E-state index in [4.69, 9.17) is 0 Å². The highest BCUT2D eigenvalue weighted by molar-refractivity contribution is 7.15. The van der Waals surface area contributed by atoms with Crippen LogP contribution in [0.25, 0.3) is 0 Å². The second-order valence-electron chi connectivity index (χ2n) is 4.95. The van der Waals surface area contributed by atoms with Crippen molar-refractivity contribution in [3.63, 3.8) is 0 Å². The van der Waals surface area contributed by atoms with Gasteiger partial charge in [-0.2, -0.15) is 0 Å². The number of nitrogens with zero attached hydrogens (tertiary/aromatic N) is 2. The van der Waals surface area contributed by atoms with E-state index in [0.29, 0.717) is 12.1 Å². The van der Waals surface area contributed by atoms with Gasteiger partial charge in [0.1, 0.15) is 0 Å². The Morgan fingerprint density at radius 1 is 1.37 bits per heavy atom. The Morgan fingerprint density at radius 3 is 2.79 bits per heavy atom. The van der Waals surface area contributed by atoms with Gasteiger partial charge in [-0.05, 0) is 18.4 Å². The molecule has 2 heterocycles. The van der Waals surface area contributed by atoms with Gasteiger partial charge in [0.15, 0.2) is 5.13 Å². The van der Waals surface area contributed by atoms with E-state index in [2.05, 4.69) is 60.5 Å². The molecular weight excluding hydrogens is 274 g/mol. The largest absolute Gasteiger partial charge is 0.344 e. The highest BCUT2D eigenvalue weighted by atomic mass is 32.1. The summed E-state index contributed by atoms with van der Waals surface area (Å²) in [7, 11) is 2.11. The van der Waals surface area contributed by atoms with Gasteiger partial charge in [-0.3, -0.25) is 0 Å². The van der Waals surface area contributed by atoms with E-state index < -0.39 is 0 Å². The fraction of sp³-hybridized carbons (Fsp3) is 0.500. The molecule has 3 nitrogen and oxygen atoms in total. The van der Waals surface area contributed by atoms with E-state index in [0.717, 1.165) is 11.7 Å². The first-order chi connectivity index (χ1) is 9.08. The number of thiazole rings is 1. The Labute approximate surface area is 123 Å². The minimum Gasteiger partial charge on any atom is -0.344 e. The molecule has 0 aromatic carbocycles. The Morgan fingerprint density at radius 2 is 2.16 bits per heavy atom. The molecule has 0 bridgehead atoms. The molecule has 0 saturated carbocycles. The minimum atomic E-state index is 0.372. The van der Waals surface area contributed by atoms with Crippen LogP contribution in [0, 0.1) is 0 Å². The van der Waals surface area contributed by atoms with Crippen molar-refractivity contribution in [2.24, 2.45) is 0 Å². The summed E-state index contributed by atoms with van der Waals surface area (Å²) in [5.41, 5.74) is 0. The lowest BCUT2D eigenvalue weighted by atomic mass is 10.2. The smallest absolute Gasteiger partial charge is 0.185 e. The molecule has 104 valence electrons. The molecule has 19 heavy (non-hydrogen) atoms. The molecule has 2 aromatic rings. The standard InChI is InChI=1S/C14H21N3S2/c1-10(2)15-8-12-9-16-14(19-12)17(4)11(3)13-6-5-7-18-13/h5-7,9-11,15H,8H2,1-4H3. The summed E-state index contributed by atoms with van der Waals surface area (Å²) in [6, 6.07) is 5.16. The second kappa shape index (κ2) is 6.50. The third-order valence-corrected chi connectivity index (χ3v) is 5.19. The Bertz CT molecular complexity index is 491. The van der Waals surface area contributed by atoms with Crippen molar-refractivity contribution in [2.45, 2.75) is 39.4 Å². The molecule has 0 radical (unpaired) electrons. The van der Waals surface area contributed by atoms with E-state index >= 15 is 0 Å². The van der Waals surface area contributed by atoms with Gasteiger partial charge in [0.25, 0.3) is 0 Å². The first kappa shape index (κ1) is 14.5. The number of aromatic nitrogens is 1. The zero-order valence-corrected chi connectivity index (χ0v) is 13.5. The maximum absolute atomic E-state index is 4.53. The molecular formula is C14H21N3S2. The number of rotatable bonds is 6. The fourth-order valence-corrected chi connectivity index (χ4v) is 3.46. The van der Waals surface area contributed by atoms with Crippen LogP contribution in [0.15, 0.2) is 23.7 Å². The summed E-state index contributed by atoms with van der Waals surface area (Å²) in [5.74, 6) is 0. The Hall–Kier alpha value is -0.910. The maximum Gasteiger partial charge on any atom is 0.185 e. The first-order valence-corrected chi connectivity index (χ1v) is 8.22. The van der Waals surface area contributed by atoms with Gasteiger partial charge in [0, 0.05) is 35.6 Å². The van der Waals surface area contributed by atoms with Crippen LogP contribution in [0.2, 0.25) is 0 Å². The topological polar surface area (TPSA) is 28.2 Å². The van der Waals surface area contributed by atoms with E-state index in [9.17, 15) is 0 Å². The lowest BCUT2D eigenvalue weighted by Crippen LogP contribution is -2.21. The molecule has 0 amide bonds. The zero-order chi connectivity index (χ0) is 13.8. The lowest BCUT2D eigenvalue weighted by Gasteiger charge is -2.23. The van der Waals surface area contributed by atoms with Crippen molar-refractivity contribution in [3.05, 3.63) is 33.5 Å². The molecule has 1 atom stereocenters. The van der Waals surface area contributed by atoms with Gasteiger partial charge in [-0.1, -0.05) is 19.9 Å². The second-order valence-corrected chi connectivity index (χ2v) is 7.02. The lowest BCUT2D eigenvalue weighted by molar-refractivity contribution is 0.593. The Kier molecular flexibility index (Phi) is 4.96. The van der Waals surface area contributed by atoms with E-state index in [1.54, 1.807) is 22.7 Å². The molecule has 0 aliphatic heterocycles. The summed E-state index contributed by atoms with van der Waals surface area (Å²) in [6.45, 7) is 7.44. The van der Waals surface area contributed by atoms with Crippen molar-refractivity contribution in [1.82, 2.24) is 10.3 Å². The van der Waals surface area contributed by atoms with Gasteiger partial charge >= 0.3 is 0 Å². The van der Waals surface area contributed by atoms with Gasteiger partial charge in [-0.25, -0.2) is 4.98 Å². The van der Waals surface area contributed by atoms with Gasteiger partial charge in [0.05, 0.1) is 6.04 Å². The molecule has 5 heteroatoms. The molecule has 0 saturated heterocycles. The monoisotopic (exact) mass is 295 g/mol. The quantitative estimate of drug-likeness (QED) is 0.876. The summed E-state index contributed by atoms with van der Waals surface area (Å²) < 4.78 is 0. The summed E-state index contributed by atoms with van der Waals surface area (Å²) in [6.07, 6.45) is 1.98. The van der Waals surface area contributed by atoms with Crippen LogP contribution in [0.5, 0.6) is 0 Å². The molecule has 2 rings (SSSR count). The van der Waals surface area contributed by atoms with Gasteiger partial charge in [-0.15, -0.1) is 22.7 Å². The van der Waals surface area contributed by atoms with Crippen molar-refractivity contribution in [2.75, 3.05) is 11.9 Å². The van der Waals surface area contributed by atoms with Crippen LogP contribution in [0.1, 0.15) is 36.6 Å². The van der Waals surface area contributed by atoms with E-state index in [-0.39, 0.29) is 0 Å². The third-order valence-electron chi connectivity index (χ3n) is 3.06. The molecule has 0 aliphatic carbocycles. The van der Waals surface area contributed by atoms with Crippen LogP contribution in [0.4, 0.5) is 5.13 Å². The zero-order valence-electron chi connectivity index (χ0n) is 11.9. The molecule has 1 unspecified atom stereocenters. The van der Waals surface area contributed by atoms with Crippen LogP contribution in [0.3, 0.4) is 0 Å². The molecule has 1 N–H and O–H groups in total. The minimum absolute atomic E-state index is 0.372. The van der Waals surface area contributed by atoms with Crippen molar-refractivity contribution in [1.29, 1.82) is 0 Å². The van der Waals surface area contributed by atoms with Crippen molar-refractivity contribution >= 4 is 27.8 Å². The summed E-state index contributed by atoms with van der Waals surface area (Å²) >= 11 is 3.56. The van der Waals surface area contributed by atoms with Crippen LogP contribution >= 0.6 is 22.7 Å². The average molecular weight is 295 g/mol. The van der Waals surface area contributed by atoms with Crippen molar-refractivity contribution < 1.29 is 0 Å². The van der Waals surface area contributed by atoms with Crippen LogP contribution < -0.4 is 10.2 Å². The summed E-state index contributed by atoms with van der Waals surface area (Å²) in [5, 5.41) is 6.63. The SMILES string of the molecule is CC(C)NCc1cnc(N(C)C(C)c2cccs2)s1. The van der Waals surface area contributed by atoms with E-state index in [1.165, 1.54) is 9.75 Å². The highest BCUT2D eigenvalue weighted by Gasteiger charge is 2.16. The highest BCUT2D eigenvalue weighted by Crippen LogP contribution is 2.30. The van der Waals surface area contributed by atoms with Crippen LogP contribution in [-0.2, 0) is 6.54 Å². The Balaban J connectivity index is 2.01. The predicted octanol–water partition coefficient (Wildman–Crippen LogP) is 3.90. The first-order valence-electron chi connectivity index (χ1n) is 6.52.